The van der Waals surface area contributed by atoms with E-state index in [2.05, 4.69) is 11.7 Å². The van der Waals surface area contributed by atoms with Gasteiger partial charge < -0.3 is 7.59 Å². The average Bonchev–Trinajstić information content (AvgIpc) is 2.50. The van der Waals surface area contributed by atoms with Gasteiger partial charge >= 0.3 is 29.0 Å². The van der Waals surface area contributed by atoms with Crippen molar-refractivity contribution in [3.8, 4) is 0 Å². The van der Waals surface area contributed by atoms with E-state index >= 15 is 0 Å². The van der Waals surface area contributed by atoms with Gasteiger partial charge in [-0.3, -0.25) is 4.79 Å². The fourth-order valence-corrected chi connectivity index (χ4v) is 2.74. The van der Waals surface area contributed by atoms with Gasteiger partial charge in [0, 0.05) is 6.42 Å². The number of hydrogen-bond acceptors (Lipinski definition) is 2. The molecule has 0 saturated carbocycles. The van der Waals surface area contributed by atoms with Gasteiger partial charge in [-0.1, -0.05) is 96.8 Å². The Morgan fingerprint density at radius 3 is 1.32 bits per heavy atom. The number of methoxy groups -OCH3 is 1. The van der Waals surface area contributed by atoms with Crippen LogP contribution in [0.15, 0.2) is 0 Å². The smallest absolute Gasteiger partial charge is 1.00 e. The summed E-state index contributed by atoms with van der Waals surface area (Å²) in [5, 5.41) is 0. The molecule has 0 N–H and O–H groups in total. The number of ether oxygens (including phenoxy) is 1. The van der Waals surface area contributed by atoms with E-state index in [1.807, 2.05) is 0 Å². The Hall–Kier alpha value is 0.236. The van der Waals surface area contributed by atoms with Gasteiger partial charge in [0.05, 0.1) is 7.11 Å². The van der Waals surface area contributed by atoms with E-state index in [9.17, 15) is 4.79 Å². The molecule has 0 aromatic heterocycles. The van der Waals surface area contributed by atoms with Crippen LogP contribution in [0.5, 0.6) is 0 Å². The topological polar surface area (TPSA) is 26.3 Å². The molecule has 22 heavy (non-hydrogen) atoms. The van der Waals surface area contributed by atoms with Gasteiger partial charge in [-0.05, 0) is 6.42 Å². The van der Waals surface area contributed by atoms with Crippen molar-refractivity contribution in [3.63, 3.8) is 0 Å². The SMILES string of the molecule is CCCCCCCCCCCCCCCCCC(=O)OC.[H-].[H-].[Mg+2]. The van der Waals surface area contributed by atoms with Crippen molar-refractivity contribution in [1.29, 1.82) is 0 Å². The molecule has 0 aliphatic rings. The standard InChI is InChI=1S/C19H38O2.Mg.2H/c1-3-4-5-6-7-8-9-10-11-12-13-14-15-16-17-18-19(20)21-2;;;/h3-18H2,1-2H3;;;/q;+2;2*-1. The number of esters is 1. The summed E-state index contributed by atoms with van der Waals surface area (Å²) in [5.41, 5.74) is 0. The second-order valence-electron chi connectivity index (χ2n) is 6.28. The van der Waals surface area contributed by atoms with Crippen LogP contribution >= 0.6 is 0 Å². The predicted molar refractivity (Wildman–Crippen MR) is 99.5 cm³/mol. The molecule has 0 fully saturated rings. The molecule has 0 amide bonds. The molecule has 3 heteroatoms. The van der Waals surface area contributed by atoms with Gasteiger partial charge in [-0.25, -0.2) is 0 Å². The third kappa shape index (κ3) is 20.2. The zero-order valence-electron chi connectivity index (χ0n) is 17.3. The first-order valence-electron chi connectivity index (χ1n) is 9.38. The van der Waals surface area contributed by atoms with Gasteiger partial charge in [0.2, 0.25) is 0 Å². The van der Waals surface area contributed by atoms with Crippen molar-refractivity contribution in [3.05, 3.63) is 0 Å². The Morgan fingerprint density at radius 2 is 1.00 bits per heavy atom. The summed E-state index contributed by atoms with van der Waals surface area (Å²) in [5.74, 6) is -0.0651. The van der Waals surface area contributed by atoms with Crippen LogP contribution in [0.2, 0.25) is 0 Å². The maximum Gasteiger partial charge on any atom is 2.00 e. The number of hydrogen-bond donors (Lipinski definition) is 0. The first-order chi connectivity index (χ1) is 10.3. The molecule has 0 aliphatic heterocycles. The van der Waals surface area contributed by atoms with Crippen molar-refractivity contribution in [2.45, 2.75) is 110 Å². The number of carbonyl (C=O) groups excluding carboxylic acids is 1. The Bertz CT molecular complexity index is 229. The summed E-state index contributed by atoms with van der Waals surface area (Å²) in [6.45, 7) is 2.28. The first-order valence-corrected chi connectivity index (χ1v) is 9.38. The second kappa shape index (κ2) is 21.2. The number of rotatable bonds is 16. The molecule has 0 bridgehead atoms. The second-order valence-corrected chi connectivity index (χ2v) is 6.28. The van der Waals surface area contributed by atoms with Crippen LogP contribution in [0, 0.1) is 0 Å². The molecule has 0 spiro atoms. The normalized spacial score (nSPS) is 10.3. The van der Waals surface area contributed by atoms with Gasteiger partial charge in [-0.15, -0.1) is 0 Å². The van der Waals surface area contributed by atoms with E-state index in [4.69, 9.17) is 0 Å². The molecule has 0 atom stereocenters. The van der Waals surface area contributed by atoms with Crippen molar-refractivity contribution in [2.24, 2.45) is 0 Å². The Kier molecular flexibility index (Phi) is 23.6. The Morgan fingerprint density at radius 1 is 0.682 bits per heavy atom. The third-order valence-corrected chi connectivity index (χ3v) is 4.21. The minimum Gasteiger partial charge on any atom is -1.00 e. The molecule has 130 valence electrons. The van der Waals surface area contributed by atoms with Crippen LogP contribution in [0.1, 0.15) is 113 Å². The van der Waals surface area contributed by atoms with Gasteiger partial charge in [0.1, 0.15) is 0 Å². The Labute approximate surface area is 158 Å². The zero-order valence-corrected chi connectivity index (χ0v) is 16.8. The van der Waals surface area contributed by atoms with E-state index in [0.29, 0.717) is 6.42 Å². The molecule has 0 radical (unpaired) electrons. The van der Waals surface area contributed by atoms with Crippen LogP contribution in [0.3, 0.4) is 0 Å². The van der Waals surface area contributed by atoms with Crippen LogP contribution < -0.4 is 0 Å². The van der Waals surface area contributed by atoms with Gasteiger partial charge in [-0.2, -0.15) is 0 Å². The maximum atomic E-state index is 10.9. The fourth-order valence-electron chi connectivity index (χ4n) is 2.74. The predicted octanol–water partition coefficient (Wildman–Crippen LogP) is 6.27. The van der Waals surface area contributed by atoms with Crippen LogP contribution in [-0.4, -0.2) is 36.1 Å². The van der Waals surface area contributed by atoms with Crippen LogP contribution in [0.25, 0.3) is 0 Å². The molecule has 0 saturated heterocycles. The monoisotopic (exact) mass is 324 g/mol. The minimum atomic E-state index is -0.0651. The number of unbranched alkanes of at least 4 members (excludes halogenated alkanes) is 14. The molecule has 2 nitrogen and oxygen atoms in total. The molecule has 0 aromatic carbocycles. The molecule has 0 aromatic rings. The summed E-state index contributed by atoms with van der Waals surface area (Å²) in [6, 6.07) is 0. The molecule has 0 aliphatic carbocycles. The molecular weight excluding hydrogens is 285 g/mol. The fraction of sp³-hybridized carbons (Fsp3) is 0.947. The Balaban J connectivity index is -0.000000667. The summed E-state index contributed by atoms with van der Waals surface area (Å²) < 4.78 is 4.63. The van der Waals surface area contributed by atoms with E-state index in [1.54, 1.807) is 0 Å². The van der Waals surface area contributed by atoms with Gasteiger partial charge in [0.25, 0.3) is 0 Å². The van der Waals surface area contributed by atoms with Crippen molar-refractivity contribution in [1.82, 2.24) is 0 Å². The molecular formula is C19H40MgO2. The van der Waals surface area contributed by atoms with Crippen LogP contribution in [-0.2, 0) is 9.53 Å². The summed E-state index contributed by atoms with van der Waals surface area (Å²) >= 11 is 0. The van der Waals surface area contributed by atoms with Crippen molar-refractivity contribution < 1.29 is 12.4 Å². The van der Waals surface area contributed by atoms with Gasteiger partial charge in [0.15, 0.2) is 0 Å². The molecule has 0 heterocycles. The number of carbonyl (C=O) groups is 1. The van der Waals surface area contributed by atoms with Crippen LogP contribution in [0.4, 0.5) is 0 Å². The van der Waals surface area contributed by atoms with E-state index < -0.39 is 0 Å². The first kappa shape index (κ1) is 24.5. The third-order valence-electron chi connectivity index (χ3n) is 4.21. The van der Waals surface area contributed by atoms with Crippen molar-refractivity contribution in [2.75, 3.05) is 7.11 Å². The van der Waals surface area contributed by atoms with E-state index in [0.717, 1.165) is 6.42 Å². The molecule has 0 rings (SSSR count). The average molecular weight is 325 g/mol. The largest absolute Gasteiger partial charge is 2.00 e. The summed E-state index contributed by atoms with van der Waals surface area (Å²) in [6.07, 6.45) is 20.9. The summed E-state index contributed by atoms with van der Waals surface area (Å²) in [4.78, 5) is 10.9. The van der Waals surface area contributed by atoms with E-state index in [-0.39, 0.29) is 31.9 Å². The maximum absolute atomic E-state index is 10.9. The van der Waals surface area contributed by atoms with Crippen molar-refractivity contribution >= 4 is 29.0 Å². The quantitative estimate of drug-likeness (QED) is 0.190. The zero-order chi connectivity index (χ0) is 15.6. The van der Waals surface area contributed by atoms with E-state index in [1.165, 1.54) is 97.0 Å². The molecule has 0 unspecified atom stereocenters. The minimum absolute atomic E-state index is 0. The summed E-state index contributed by atoms with van der Waals surface area (Å²) in [7, 11) is 1.47.